The molecule has 3 aliphatic rings. The fourth-order valence-corrected chi connectivity index (χ4v) is 4.35. The monoisotopic (exact) mass is 446 g/mol. The summed E-state index contributed by atoms with van der Waals surface area (Å²) >= 11 is 0. The van der Waals surface area contributed by atoms with Gasteiger partial charge >= 0.3 is 0 Å². The Kier molecular flexibility index (Phi) is 7.69. The average Bonchev–Trinajstić information content (AvgIpc) is 2.71. The highest BCUT2D eigenvalue weighted by Gasteiger charge is 2.50. The maximum atomic E-state index is 11.0. The molecule has 178 valence electrons. The van der Waals surface area contributed by atoms with Gasteiger partial charge in [-0.3, -0.25) is 4.79 Å². The van der Waals surface area contributed by atoms with E-state index in [0.717, 1.165) is 0 Å². The lowest BCUT2D eigenvalue weighted by Gasteiger charge is -2.48. The van der Waals surface area contributed by atoms with Crippen molar-refractivity contribution in [1.82, 2.24) is 5.32 Å². The molecule has 12 heteroatoms. The molecule has 1 saturated carbocycles. The molecule has 1 saturated heterocycles. The summed E-state index contributed by atoms with van der Waals surface area (Å²) in [6.45, 7) is 1.44. The van der Waals surface area contributed by atoms with Crippen molar-refractivity contribution in [1.29, 1.82) is 0 Å². The second-order valence-electron chi connectivity index (χ2n) is 8.66. The molecule has 0 aromatic rings. The Labute approximate surface area is 180 Å². The van der Waals surface area contributed by atoms with Crippen LogP contribution in [0.2, 0.25) is 0 Å². The van der Waals surface area contributed by atoms with E-state index < -0.39 is 66.8 Å². The maximum Gasteiger partial charge on any atom is 0.216 e. The van der Waals surface area contributed by atoms with Crippen LogP contribution >= 0.6 is 0 Å². The number of aliphatic hydroxyl groups excluding tert-OH is 2. The molecule has 2 heterocycles. The largest absolute Gasteiger partial charge is 0.460 e. The molecule has 31 heavy (non-hydrogen) atoms. The first-order chi connectivity index (χ1) is 14.6. The predicted molar refractivity (Wildman–Crippen MR) is 107 cm³/mol. The zero-order chi connectivity index (χ0) is 22.9. The van der Waals surface area contributed by atoms with E-state index in [4.69, 9.17) is 36.1 Å². The molecule has 0 bridgehead atoms. The van der Waals surface area contributed by atoms with Crippen LogP contribution in [-0.2, 0) is 23.7 Å². The van der Waals surface area contributed by atoms with Gasteiger partial charge in [-0.15, -0.1) is 0 Å². The summed E-state index contributed by atoms with van der Waals surface area (Å²) in [6.07, 6.45) is -3.83. The van der Waals surface area contributed by atoms with Crippen molar-refractivity contribution in [2.24, 2.45) is 17.2 Å². The summed E-state index contributed by atoms with van der Waals surface area (Å²) in [5.74, 6) is 0.0963. The van der Waals surface area contributed by atoms with Crippen LogP contribution in [0.5, 0.6) is 0 Å². The van der Waals surface area contributed by atoms with E-state index in [2.05, 4.69) is 5.32 Å². The summed E-state index contributed by atoms with van der Waals surface area (Å²) in [5.41, 5.74) is 17.0. The Hall–Kier alpha value is -1.19. The fraction of sp³-hybridized carbons (Fsp3) is 0.842. The van der Waals surface area contributed by atoms with Gasteiger partial charge in [0.15, 0.2) is 18.3 Å². The second kappa shape index (κ2) is 9.75. The molecule has 3 rings (SSSR count). The van der Waals surface area contributed by atoms with Crippen molar-refractivity contribution < 1.29 is 39.1 Å². The van der Waals surface area contributed by atoms with E-state index in [1.165, 1.54) is 6.92 Å². The van der Waals surface area contributed by atoms with Gasteiger partial charge in [0.1, 0.15) is 30.0 Å². The number of carbonyl (C=O) groups excluding carboxylic acids is 1. The number of aldehydes is 1. The molecule has 11 atom stereocenters. The number of likely N-dealkylation sites (N-methyl/N-ethyl adjacent to an activating group) is 1. The van der Waals surface area contributed by atoms with Gasteiger partial charge in [-0.2, -0.15) is 0 Å². The average molecular weight is 447 g/mol. The van der Waals surface area contributed by atoms with Gasteiger partial charge in [0, 0.05) is 12.1 Å². The Morgan fingerprint density at radius 1 is 1.13 bits per heavy atom. The summed E-state index contributed by atoms with van der Waals surface area (Å²) in [5, 5.41) is 34.8. The highest BCUT2D eigenvalue weighted by atomic mass is 16.7. The van der Waals surface area contributed by atoms with Crippen molar-refractivity contribution >= 4 is 6.29 Å². The normalized spacial score (nSPS) is 48.6. The number of rotatable bonds is 6. The lowest BCUT2D eigenvalue weighted by molar-refractivity contribution is -0.302. The van der Waals surface area contributed by atoms with Crippen LogP contribution in [0.4, 0.5) is 0 Å². The molecule has 0 unspecified atom stereocenters. The van der Waals surface area contributed by atoms with Crippen molar-refractivity contribution in [2.75, 3.05) is 13.7 Å². The summed E-state index contributed by atoms with van der Waals surface area (Å²) < 4.78 is 22.7. The molecule has 2 fully saturated rings. The number of hydrogen-bond acceptors (Lipinski definition) is 12. The minimum Gasteiger partial charge on any atom is -0.460 e. The number of nitrogens with one attached hydrogen (secondary N) is 1. The van der Waals surface area contributed by atoms with Crippen molar-refractivity contribution in [3.05, 3.63) is 11.8 Å². The van der Waals surface area contributed by atoms with E-state index in [1.54, 1.807) is 13.1 Å². The van der Waals surface area contributed by atoms with Crippen molar-refractivity contribution in [3.8, 4) is 0 Å². The standard InChI is InChI=1S/C19H34N4O8/c1-19(27)7-28-18(13(26)16(19)23-2)31-15-11(22)5-10(21)14(12(15)25)30-17-9(20)4-3-8(6-24)29-17/h3,6,9-18,23,25-27H,4-5,7,20-22H2,1-2H3/t9-,10+,11-,12+,13-,14-,15+,16-,17-,18-,19+/m1/s1. The van der Waals surface area contributed by atoms with Crippen molar-refractivity contribution in [3.63, 3.8) is 0 Å². The summed E-state index contributed by atoms with van der Waals surface area (Å²) in [6, 6.07) is -2.59. The van der Waals surface area contributed by atoms with Crippen LogP contribution in [-0.4, -0.2) is 102 Å². The van der Waals surface area contributed by atoms with E-state index in [-0.39, 0.29) is 18.8 Å². The zero-order valence-corrected chi connectivity index (χ0v) is 17.7. The first-order valence-corrected chi connectivity index (χ1v) is 10.4. The van der Waals surface area contributed by atoms with Gasteiger partial charge in [0.2, 0.25) is 6.29 Å². The minimum atomic E-state index is -1.31. The zero-order valence-electron chi connectivity index (χ0n) is 17.7. The first kappa shape index (κ1) is 24.5. The summed E-state index contributed by atoms with van der Waals surface area (Å²) in [4.78, 5) is 11.0. The SMILES string of the molecule is CN[C@@H]1[C@@H](O)[C@@H](O[C@@H]2[C@@H](O)[C@H](O[C@H]3OC(C=O)=CC[C@H]3N)[C@@H](N)C[C@H]2N)OC[C@]1(C)O. The number of hydrogen-bond donors (Lipinski definition) is 7. The van der Waals surface area contributed by atoms with Gasteiger partial charge < -0.3 is 56.8 Å². The third kappa shape index (κ3) is 5.09. The van der Waals surface area contributed by atoms with Crippen LogP contribution in [0.15, 0.2) is 11.8 Å². The molecular weight excluding hydrogens is 412 g/mol. The maximum absolute atomic E-state index is 11.0. The van der Waals surface area contributed by atoms with E-state index in [1.807, 2.05) is 0 Å². The smallest absolute Gasteiger partial charge is 0.216 e. The van der Waals surface area contributed by atoms with E-state index in [0.29, 0.717) is 12.7 Å². The summed E-state index contributed by atoms with van der Waals surface area (Å²) in [7, 11) is 1.60. The molecule has 0 radical (unpaired) electrons. The quantitative estimate of drug-likeness (QED) is 0.198. The Morgan fingerprint density at radius 2 is 1.74 bits per heavy atom. The first-order valence-electron chi connectivity index (χ1n) is 10.4. The molecule has 2 aliphatic heterocycles. The van der Waals surface area contributed by atoms with Gasteiger partial charge in [-0.05, 0) is 32.9 Å². The molecule has 0 aromatic heterocycles. The van der Waals surface area contributed by atoms with Crippen LogP contribution in [0, 0.1) is 0 Å². The van der Waals surface area contributed by atoms with Crippen LogP contribution in [0.1, 0.15) is 19.8 Å². The Morgan fingerprint density at radius 3 is 2.32 bits per heavy atom. The van der Waals surface area contributed by atoms with Gasteiger partial charge in [-0.25, -0.2) is 0 Å². The molecule has 0 aromatic carbocycles. The lowest BCUT2D eigenvalue weighted by Crippen LogP contribution is -2.68. The van der Waals surface area contributed by atoms with Crippen molar-refractivity contribution in [2.45, 2.75) is 86.5 Å². The van der Waals surface area contributed by atoms with Gasteiger partial charge in [0.05, 0.1) is 18.7 Å². The van der Waals surface area contributed by atoms with Gasteiger partial charge in [-0.1, -0.05) is 0 Å². The lowest BCUT2D eigenvalue weighted by atomic mass is 9.84. The third-order valence-corrected chi connectivity index (χ3v) is 6.09. The number of aliphatic hydroxyl groups is 3. The molecule has 10 N–H and O–H groups in total. The number of carbonyl (C=O) groups is 1. The van der Waals surface area contributed by atoms with Crippen LogP contribution in [0.3, 0.4) is 0 Å². The Balaban J connectivity index is 1.70. The van der Waals surface area contributed by atoms with Crippen LogP contribution < -0.4 is 22.5 Å². The highest BCUT2D eigenvalue weighted by Crippen LogP contribution is 2.31. The number of allylic oxidation sites excluding steroid dienone is 1. The predicted octanol–water partition coefficient (Wildman–Crippen LogP) is -3.61. The topological polar surface area (TPSA) is 205 Å². The number of ether oxygens (including phenoxy) is 4. The highest BCUT2D eigenvalue weighted by molar-refractivity contribution is 5.70. The van der Waals surface area contributed by atoms with E-state index in [9.17, 15) is 20.1 Å². The molecule has 1 aliphatic carbocycles. The van der Waals surface area contributed by atoms with Gasteiger partial charge in [0.25, 0.3) is 0 Å². The minimum absolute atomic E-state index is 0.0939. The molecular formula is C19H34N4O8. The molecule has 12 nitrogen and oxygen atoms in total. The van der Waals surface area contributed by atoms with E-state index >= 15 is 0 Å². The number of nitrogens with two attached hydrogens (primary N) is 3. The fourth-order valence-electron chi connectivity index (χ4n) is 4.35. The van der Waals surface area contributed by atoms with Crippen LogP contribution in [0.25, 0.3) is 0 Å². The Bertz CT molecular complexity index is 665. The second-order valence-corrected chi connectivity index (χ2v) is 8.66. The molecule has 0 spiro atoms. The third-order valence-electron chi connectivity index (χ3n) is 6.09. The molecule has 0 amide bonds.